The number of amidine groups is 1. The Labute approximate surface area is 109 Å². The van der Waals surface area contributed by atoms with Gasteiger partial charge in [-0.15, -0.1) is 0 Å². The molecule has 1 fully saturated rings. The summed E-state index contributed by atoms with van der Waals surface area (Å²) in [5.41, 5.74) is 6.34. The van der Waals surface area contributed by atoms with Gasteiger partial charge in [0.2, 0.25) is 0 Å². The number of aliphatic hydroxyl groups excluding tert-OH is 2. The van der Waals surface area contributed by atoms with Gasteiger partial charge in [0.15, 0.2) is 5.84 Å². The molecule has 0 bridgehead atoms. The highest BCUT2D eigenvalue weighted by molar-refractivity contribution is 5.97. The fraction of sp³-hybridized carbons (Fsp3) is 0.417. The third-order valence-electron chi connectivity index (χ3n) is 3.10. The SMILES string of the molecule is N/C(=N/O)c1cc(F)cc(CN2CC(O)C(O)C2)c1. The quantitative estimate of drug-likeness (QED) is 0.255. The zero-order valence-corrected chi connectivity index (χ0v) is 10.2. The number of aliphatic hydroxyl groups is 2. The first kappa shape index (κ1) is 13.7. The molecule has 2 atom stereocenters. The molecule has 5 N–H and O–H groups in total. The van der Waals surface area contributed by atoms with Gasteiger partial charge in [-0.3, -0.25) is 4.90 Å². The van der Waals surface area contributed by atoms with Crippen LogP contribution in [0.2, 0.25) is 0 Å². The van der Waals surface area contributed by atoms with Crippen molar-refractivity contribution in [2.24, 2.45) is 10.9 Å². The van der Waals surface area contributed by atoms with Crippen LogP contribution >= 0.6 is 0 Å². The van der Waals surface area contributed by atoms with Crippen molar-refractivity contribution in [3.8, 4) is 0 Å². The molecule has 2 unspecified atom stereocenters. The Morgan fingerprint density at radius 3 is 2.53 bits per heavy atom. The van der Waals surface area contributed by atoms with E-state index in [0.29, 0.717) is 25.2 Å². The summed E-state index contributed by atoms with van der Waals surface area (Å²) in [5, 5.41) is 30.3. The van der Waals surface area contributed by atoms with Crippen molar-refractivity contribution in [2.75, 3.05) is 13.1 Å². The Morgan fingerprint density at radius 1 is 1.32 bits per heavy atom. The Balaban J connectivity index is 2.15. The fourth-order valence-corrected chi connectivity index (χ4v) is 2.18. The highest BCUT2D eigenvalue weighted by atomic mass is 19.1. The van der Waals surface area contributed by atoms with Gasteiger partial charge in [-0.2, -0.15) is 0 Å². The van der Waals surface area contributed by atoms with E-state index in [4.69, 9.17) is 10.9 Å². The van der Waals surface area contributed by atoms with Gasteiger partial charge < -0.3 is 21.2 Å². The minimum absolute atomic E-state index is 0.165. The highest BCUT2D eigenvalue weighted by Crippen LogP contribution is 2.16. The molecule has 6 nitrogen and oxygen atoms in total. The maximum atomic E-state index is 13.4. The molecule has 2 rings (SSSR count). The van der Waals surface area contributed by atoms with Gasteiger partial charge in [0.1, 0.15) is 5.82 Å². The van der Waals surface area contributed by atoms with E-state index >= 15 is 0 Å². The lowest BCUT2D eigenvalue weighted by Gasteiger charge is -2.15. The van der Waals surface area contributed by atoms with Crippen molar-refractivity contribution in [3.05, 3.63) is 35.1 Å². The second kappa shape index (κ2) is 5.52. The molecule has 104 valence electrons. The maximum absolute atomic E-state index is 13.4. The number of nitrogens with two attached hydrogens (primary N) is 1. The van der Waals surface area contributed by atoms with Crippen molar-refractivity contribution >= 4 is 5.84 Å². The molecule has 0 spiro atoms. The normalized spacial score (nSPS) is 24.9. The molecule has 0 aromatic heterocycles. The molecule has 1 heterocycles. The van der Waals surface area contributed by atoms with E-state index in [0.717, 1.165) is 0 Å². The summed E-state index contributed by atoms with van der Waals surface area (Å²) in [6.07, 6.45) is -1.56. The van der Waals surface area contributed by atoms with Crippen LogP contribution < -0.4 is 5.73 Å². The van der Waals surface area contributed by atoms with Gasteiger partial charge in [0, 0.05) is 25.2 Å². The molecule has 0 saturated carbocycles. The van der Waals surface area contributed by atoms with Crippen LogP contribution in [0.5, 0.6) is 0 Å². The van der Waals surface area contributed by atoms with Gasteiger partial charge in [-0.1, -0.05) is 5.16 Å². The number of hydrogen-bond donors (Lipinski definition) is 4. The number of nitrogens with zero attached hydrogens (tertiary/aromatic N) is 2. The first-order valence-electron chi connectivity index (χ1n) is 5.85. The average molecular weight is 269 g/mol. The monoisotopic (exact) mass is 269 g/mol. The second-order valence-electron chi connectivity index (χ2n) is 4.66. The van der Waals surface area contributed by atoms with Gasteiger partial charge >= 0.3 is 0 Å². The molecule has 1 saturated heterocycles. The first-order valence-corrected chi connectivity index (χ1v) is 5.85. The van der Waals surface area contributed by atoms with Crippen molar-refractivity contribution < 1.29 is 19.8 Å². The Bertz CT molecular complexity index is 485. The van der Waals surface area contributed by atoms with Crippen molar-refractivity contribution in [2.45, 2.75) is 18.8 Å². The Kier molecular flexibility index (Phi) is 3.98. The van der Waals surface area contributed by atoms with Crippen LogP contribution in [-0.4, -0.2) is 51.5 Å². The van der Waals surface area contributed by atoms with Crippen LogP contribution in [0.4, 0.5) is 4.39 Å². The number of β-amino-alcohol motifs (C(OH)–C–C–N with tert-alkyl or cyclic N) is 2. The molecule has 7 heteroatoms. The van der Waals surface area contributed by atoms with E-state index in [9.17, 15) is 14.6 Å². The lowest BCUT2D eigenvalue weighted by molar-refractivity contribution is 0.0572. The van der Waals surface area contributed by atoms with Crippen LogP contribution in [-0.2, 0) is 6.54 Å². The second-order valence-corrected chi connectivity index (χ2v) is 4.66. The number of benzene rings is 1. The topological polar surface area (TPSA) is 102 Å². The third kappa shape index (κ3) is 3.19. The minimum Gasteiger partial charge on any atom is -0.409 e. The molecular weight excluding hydrogens is 253 g/mol. The van der Waals surface area contributed by atoms with Crippen LogP contribution in [0.3, 0.4) is 0 Å². The van der Waals surface area contributed by atoms with Crippen LogP contribution in [0.15, 0.2) is 23.4 Å². The molecule has 1 aromatic carbocycles. The summed E-state index contributed by atoms with van der Waals surface area (Å²) in [4.78, 5) is 1.81. The molecule has 1 aliphatic rings. The van der Waals surface area contributed by atoms with Crippen molar-refractivity contribution in [1.29, 1.82) is 0 Å². The minimum atomic E-state index is -0.780. The summed E-state index contributed by atoms with van der Waals surface area (Å²) in [6.45, 7) is 1.03. The molecular formula is C12H16FN3O3. The van der Waals surface area contributed by atoms with E-state index < -0.39 is 18.0 Å². The third-order valence-corrected chi connectivity index (χ3v) is 3.10. The average Bonchev–Trinajstić information content (AvgIpc) is 2.66. The number of oxime groups is 1. The smallest absolute Gasteiger partial charge is 0.170 e. The van der Waals surface area contributed by atoms with Gasteiger partial charge in [-0.25, -0.2) is 4.39 Å². The van der Waals surface area contributed by atoms with Gasteiger partial charge in [0.05, 0.1) is 12.2 Å². The molecule has 19 heavy (non-hydrogen) atoms. The molecule has 0 amide bonds. The van der Waals surface area contributed by atoms with Gasteiger partial charge in [0.25, 0.3) is 0 Å². The molecule has 1 aliphatic heterocycles. The van der Waals surface area contributed by atoms with E-state index in [1.807, 2.05) is 0 Å². The maximum Gasteiger partial charge on any atom is 0.170 e. The predicted octanol–water partition coefficient (Wildman–Crippen LogP) is -0.542. The molecule has 1 aromatic rings. The number of likely N-dealkylation sites (tertiary alicyclic amines) is 1. The van der Waals surface area contributed by atoms with Crippen LogP contribution in [0.25, 0.3) is 0 Å². The summed E-state index contributed by atoms with van der Waals surface area (Å²) in [7, 11) is 0. The van der Waals surface area contributed by atoms with E-state index in [1.54, 1.807) is 11.0 Å². The van der Waals surface area contributed by atoms with Gasteiger partial charge in [-0.05, 0) is 23.8 Å². The highest BCUT2D eigenvalue weighted by Gasteiger charge is 2.29. The number of hydrogen-bond acceptors (Lipinski definition) is 5. The predicted molar refractivity (Wildman–Crippen MR) is 66.2 cm³/mol. The standard InChI is InChI=1S/C12H16FN3O3/c13-9-2-7(1-8(3-9)12(14)15-19)4-16-5-10(17)11(18)6-16/h1-3,10-11,17-19H,4-6H2,(H2,14,15). The Morgan fingerprint density at radius 2 is 1.95 bits per heavy atom. The van der Waals surface area contributed by atoms with Crippen LogP contribution in [0, 0.1) is 5.82 Å². The van der Waals surface area contributed by atoms with Crippen molar-refractivity contribution in [3.63, 3.8) is 0 Å². The number of halogens is 1. The largest absolute Gasteiger partial charge is 0.409 e. The lowest BCUT2D eigenvalue weighted by atomic mass is 10.1. The zero-order valence-electron chi connectivity index (χ0n) is 10.2. The van der Waals surface area contributed by atoms with Crippen LogP contribution in [0.1, 0.15) is 11.1 Å². The summed E-state index contributed by atoms with van der Waals surface area (Å²) in [5.74, 6) is -0.651. The fourth-order valence-electron chi connectivity index (χ4n) is 2.18. The van der Waals surface area contributed by atoms with E-state index in [2.05, 4.69) is 5.16 Å². The first-order chi connectivity index (χ1) is 8.99. The lowest BCUT2D eigenvalue weighted by Crippen LogP contribution is -2.22. The summed E-state index contributed by atoms with van der Waals surface area (Å²) < 4.78 is 13.4. The summed E-state index contributed by atoms with van der Waals surface area (Å²) in [6, 6.07) is 4.12. The van der Waals surface area contributed by atoms with Crippen molar-refractivity contribution in [1.82, 2.24) is 4.90 Å². The van der Waals surface area contributed by atoms with E-state index in [1.165, 1.54) is 12.1 Å². The van der Waals surface area contributed by atoms with E-state index in [-0.39, 0.29) is 11.4 Å². The molecule has 0 aliphatic carbocycles. The summed E-state index contributed by atoms with van der Waals surface area (Å²) >= 11 is 0. The number of rotatable bonds is 3. The Hall–Kier alpha value is -1.70. The molecule has 0 radical (unpaired) electrons. The zero-order chi connectivity index (χ0) is 14.0.